The van der Waals surface area contributed by atoms with Gasteiger partial charge in [-0.15, -0.1) is 0 Å². The molecule has 0 bridgehead atoms. The summed E-state index contributed by atoms with van der Waals surface area (Å²) >= 11 is 0. The highest BCUT2D eigenvalue weighted by atomic mass is 16.3. The second kappa shape index (κ2) is 8.35. The van der Waals surface area contributed by atoms with Crippen LogP contribution in [-0.4, -0.2) is 47.8 Å². The van der Waals surface area contributed by atoms with Crippen molar-refractivity contribution in [3.8, 4) is 0 Å². The van der Waals surface area contributed by atoms with Gasteiger partial charge >= 0.3 is 0 Å². The monoisotopic (exact) mass is 284 g/mol. The molecule has 0 aliphatic heterocycles. The van der Waals surface area contributed by atoms with Crippen molar-refractivity contribution in [3.05, 3.63) is 0 Å². The molecule has 1 rings (SSSR count). The largest absolute Gasteiger partial charge is 0.394 e. The van der Waals surface area contributed by atoms with Crippen molar-refractivity contribution in [3.63, 3.8) is 0 Å². The summed E-state index contributed by atoms with van der Waals surface area (Å²) < 4.78 is 0. The van der Waals surface area contributed by atoms with Gasteiger partial charge in [0.25, 0.3) is 0 Å². The number of rotatable bonds is 8. The van der Waals surface area contributed by atoms with Crippen LogP contribution >= 0.6 is 0 Å². The van der Waals surface area contributed by atoms with Crippen LogP contribution in [0.3, 0.4) is 0 Å². The van der Waals surface area contributed by atoms with E-state index in [0.29, 0.717) is 6.04 Å². The van der Waals surface area contributed by atoms with Crippen LogP contribution in [0.1, 0.15) is 66.2 Å². The lowest BCUT2D eigenvalue weighted by atomic mass is 9.84. The zero-order valence-corrected chi connectivity index (χ0v) is 14.3. The molecule has 0 amide bonds. The summed E-state index contributed by atoms with van der Waals surface area (Å²) in [5.74, 6) is 0.963. The second-order valence-corrected chi connectivity index (χ2v) is 7.33. The first-order valence-corrected chi connectivity index (χ1v) is 8.49. The molecular formula is C17H36N2O. The number of hydrogen-bond acceptors (Lipinski definition) is 3. The first-order valence-electron chi connectivity index (χ1n) is 8.49. The number of aliphatic hydroxyl groups is 1. The van der Waals surface area contributed by atoms with Gasteiger partial charge in [0.05, 0.1) is 6.61 Å². The van der Waals surface area contributed by atoms with E-state index >= 15 is 0 Å². The molecule has 1 saturated carbocycles. The highest BCUT2D eigenvalue weighted by molar-refractivity contribution is 4.86. The van der Waals surface area contributed by atoms with Crippen LogP contribution in [0.15, 0.2) is 0 Å². The minimum atomic E-state index is -0.150. The molecule has 0 saturated heterocycles. The van der Waals surface area contributed by atoms with Crippen molar-refractivity contribution in [1.82, 2.24) is 10.2 Å². The zero-order chi connectivity index (χ0) is 15.2. The van der Waals surface area contributed by atoms with E-state index < -0.39 is 0 Å². The van der Waals surface area contributed by atoms with Crippen LogP contribution in [0.5, 0.6) is 0 Å². The maximum Gasteiger partial charge on any atom is 0.0611 e. The van der Waals surface area contributed by atoms with Gasteiger partial charge in [0, 0.05) is 17.6 Å². The van der Waals surface area contributed by atoms with Gasteiger partial charge in [-0.3, -0.25) is 0 Å². The first kappa shape index (κ1) is 17.9. The number of nitrogens with one attached hydrogen (secondary N) is 1. The van der Waals surface area contributed by atoms with Crippen molar-refractivity contribution in [2.75, 3.05) is 20.2 Å². The maximum atomic E-state index is 9.64. The average molecular weight is 284 g/mol. The molecule has 1 atom stereocenters. The molecule has 0 radical (unpaired) electrons. The standard InChI is InChI=1S/C17H36N2O/c1-6-15-7-9-16(10-8-15)19(5)12-11-17(4,13-20)18-14(2)3/h14-16,18,20H,6-13H2,1-5H3. The van der Waals surface area contributed by atoms with Crippen molar-refractivity contribution in [2.45, 2.75) is 83.8 Å². The molecule has 120 valence electrons. The van der Waals surface area contributed by atoms with Crippen molar-refractivity contribution >= 4 is 0 Å². The summed E-state index contributed by atoms with van der Waals surface area (Å²) in [5, 5.41) is 13.1. The Balaban J connectivity index is 2.36. The summed E-state index contributed by atoms with van der Waals surface area (Å²) in [6.45, 7) is 10.0. The predicted molar refractivity (Wildman–Crippen MR) is 87.0 cm³/mol. The highest BCUT2D eigenvalue weighted by Gasteiger charge is 2.27. The van der Waals surface area contributed by atoms with E-state index in [1.54, 1.807) is 0 Å². The Morgan fingerprint density at radius 3 is 2.30 bits per heavy atom. The number of hydrogen-bond donors (Lipinski definition) is 2. The van der Waals surface area contributed by atoms with E-state index in [1.165, 1.54) is 32.1 Å². The molecule has 3 heteroatoms. The van der Waals surface area contributed by atoms with Gasteiger partial charge < -0.3 is 15.3 Å². The second-order valence-electron chi connectivity index (χ2n) is 7.33. The van der Waals surface area contributed by atoms with E-state index in [1.807, 2.05) is 0 Å². The minimum Gasteiger partial charge on any atom is -0.394 e. The van der Waals surface area contributed by atoms with E-state index in [9.17, 15) is 5.11 Å². The molecule has 1 unspecified atom stereocenters. The molecule has 2 N–H and O–H groups in total. The summed E-state index contributed by atoms with van der Waals surface area (Å²) in [5.41, 5.74) is -0.150. The Hall–Kier alpha value is -0.120. The highest BCUT2D eigenvalue weighted by Crippen LogP contribution is 2.29. The van der Waals surface area contributed by atoms with Gasteiger partial charge in [-0.1, -0.05) is 27.2 Å². The Morgan fingerprint density at radius 1 is 1.25 bits per heavy atom. The summed E-state index contributed by atoms with van der Waals surface area (Å²) in [6.07, 6.45) is 7.84. The smallest absolute Gasteiger partial charge is 0.0611 e. The Bertz CT molecular complexity index is 262. The number of nitrogens with zero attached hydrogens (tertiary/aromatic N) is 1. The Morgan fingerprint density at radius 2 is 1.85 bits per heavy atom. The summed E-state index contributed by atoms with van der Waals surface area (Å²) in [7, 11) is 2.25. The summed E-state index contributed by atoms with van der Waals surface area (Å²) in [6, 6.07) is 1.16. The van der Waals surface area contributed by atoms with E-state index in [2.05, 4.69) is 45.0 Å². The van der Waals surface area contributed by atoms with Crippen molar-refractivity contribution in [2.24, 2.45) is 5.92 Å². The van der Waals surface area contributed by atoms with Crippen molar-refractivity contribution in [1.29, 1.82) is 0 Å². The van der Waals surface area contributed by atoms with Crippen LogP contribution in [0.2, 0.25) is 0 Å². The van der Waals surface area contributed by atoms with E-state index in [0.717, 1.165) is 24.9 Å². The Kier molecular flexibility index (Phi) is 7.49. The molecule has 20 heavy (non-hydrogen) atoms. The van der Waals surface area contributed by atoms with Crippen LogP contribution in [0.4, 0.5) is 0 Å². The van der Waals surface area contributed by atoms with Gasteiger partial charge in [-0.2, -0.15) is 0 Å². The molecule has 0 heterocycles. The van der Waals surface area contributed by atoms with Crippen LogP contribution in [0.25, 0.3) is 0 Å². The van der Waals surface area contributed by atoms with Gasteiger partial charge in [0.15, 0.2) is 0 Å². The van der Waals surface area contributed by atoms with E-state index in [4.69, 9.17) is 0 Å². The average Bonchev–Trinajstić information content (AvgIpc) is 2.44. The fourth-order valence-electron chi connectivity index (χ4n) is 3.49. The summed E-state index contributed by atoms with van der Waals surface area (Å²) in [4.78, 5) is 2.52. The fraction of sp³-hybridized carbons (Fsp3) is 1.00. The minimum absolute atomic E-state index is 0.150. The predicted octanol–water partition coefficient (Wildman–Crippen LogP) is 3.03. The lowest BCUT2D eigenvalue weighted by Gasteiger charge is -2.37. The lowest BCUT2D eigenvalue weighted by Crippen LogP contribution is -2.51. The van der Waals surface area contributed by atoms with Crippen LogP contribution in [-0.2, 0) is 0 Å². The lowest BCUT2D eigenvalue weighted by molar-refractivity contribution is 0.116. The normalized spacial score (nSPS) is 27.0. The molecule has 0 aromatic rings. The van der Waals surface area contributed by atoms with Crippen LogP contribution < -0.4 is 5.32 Å². The van der Waals surface area contributed by atoms with Gasteiger partial charge in [0.1, 0.15) is 0 Å². The third-order valence-electron chi connectivity index (χ3n) is 5.02. The molecule has 3 nitrogen and oxygen atoms in total. The molecule has 0 aromatic heterocycles. The zero-order valence-electron chi connectivity index (χ0n) is 14.3. The Labute approximate surface area is 126 Å². The van der Waals surface area contributed by atoms with Crippen molar-refractivity contribution < 1.29 is 5.11 Å². The molecular weight excluding hydrogens is 248 g/mol. The fourth-order valence-corrected chi connectivity index (χ4v) is 3.49. The number of aliphatic hydroxyl groups excluding tert-OH is 1. The molecule has 1 aliphatic carbocycles. The van der Waals surface area contributed by atoms with Crippen LogP contribution in [0, 0.1) is 5.92 Å². The van der Waals surface area contributed by atoms with Gasteiger partial charge in [-0.05, 0) is 58.5 Å². The molecule has 1 fully saturated rings. The molecule has 0 aromatic carbocycles. The quantitative estimate of drug-likeness (QED) is 0.719. The first-order chi connectivity index (χ1) is 9.40. The van der Waals surface area contributed by atoms with E-state index in [-0.39, 0.29) is 12.1 Å². The third-order valence-corrected chi connectivity index (χ3v) is 5.02. The SMILES string of the molecule is CCC1CCC(N(C)CCC(C)(CO)NC(C)C)CC1. The molecule has 1 aliphatic rings. The maximum absolute atomic E-state index is 9.64. The topological polar surface area (TPSA) is 35.5 Å². The van der Waals surface area contributed by atoms with Gasteiger partial charge in [0.2, 0.25) is 0 Å². The third kappa shape index (κ3) is 5.71. The molecule has 0 spiro atoms. The van der Waals surface area contributed by atoms with Gasteiger partial charge in [-0.25, -0.2) is 0 Å².